The van der Waals surface area contributed by atoms with Crippen LogP contribution in [0.25, 0.3) is 5.69 Å². The molecule has 0 atom stereocenters. The summed E-state index contributed by atoms with van der Waals surface area (Å²) in [5.41, 5.74) is 3.56. The van der Waals surface area contributed by atoms with Gasteiger partial charge in [0.1, 0.15) is 0 Å². The number of benzene rings is 1. The van der Waals surface area contributed by atoms with Crippen molar-refractivity contribution in [2.24, 2.45) is 0 Å². The van der Waals surface area contributed by atoms with Crippen molar-refractivity contribution in [1.29, 1.82) is 0 Å². The molecule has 0 N–H and O–H groups in total. The molecule has 2 aromatic rings. The van der Waals surface area contributed by atoms with Crippen molar-refractivity contribution in [3.8, 4) is 5.69 Å². The largest absolute Gasteiger partial charge is 0.272 e. The van der Waals surface area contributed by atoms with Gasteiger partial charge < -0.3 is 0 Å². The van der Waals surface area contributed by atoms with Crippen molar-refractivity contribution in [3.05, 3.63) is 51.3 Å². The van der Waals surface area contributed by atoms with Crippen LogP contribution in [0.2, 0.25) is 0 Å². The molecule has 0 saturated carbocycles. The van der Waals surface area contributed by atoms with Crippen LogP contribution < -0.4 is 0 Å². The van der Waals surface area contributed by atoms with Crippen LogP contribution in [0.1, 0.15) is 17.0 Å². The SMILES string of the molecule is Cc1cc(C)n(-c2ccc([N+](=O)[O-])c(C)c2)n1. The first-order chi connectivity index (χ1) is 7.99. The van der Waals surface area contributed by atoms with Gasteiger partial charge in [-0.1, -0.05) is 0 Å². The van der Waals surface area contributed by atoms with E-state index >= 15 is 0 Å². The quantitative estimate of drug-likeness (QED) is 0.589. The number of nitro groups is 1. The Morgan fingerprint density at radius 2 is 1.94 bits per heavy atom. The molecule has 0 bridgehead atoms. The van der Waals surface area contributed by atoms with E-state index in [1.54, 1.807) is 23.7 Å². The summed E-state index contributed by atoms with van der Waals surface area (Å²) in [7, 11) is 0. The fourth-order valence-electron chi connectivity index (χ4n) is 1.87. The molecule has 0 aliphatic rings. The number of aromatic nitrogens is 2. The topological polar surface area (TPSA) is 61.0 Å². The van der Waals surface area contributed by atoms with E-state index in [-0.39, 0.29) is 10.6 Å². The van der Waals surface area contributed by atoms with E-state index in [1.807, 2.05) is 19.9 Å². The van der Waals surface area contributed by atoms with E-state index < -0.39 is 0 Å². The average molecular weight is 231 g/mol. The lowest BCUT2D eigenvalue weighted by atomic mass is 10.2. The molecule has 1 aromatic heterocycles. The molecule has 5 heteroatoms. The van der Waals surface area contributed by atoms with Crippen LogP contribution in [0.3, 0.4) is 0 Å². The second-order valence-corrected chi connectivity index (χ2v) is 4.07. The van der Waals surface area contributed by atoms with Crippen LogP contribution in [0.4, 0.5) is 5.69 Å². The first kappa shape index (κ1) is 11.3. The normalized spacial score (nSPS) is 10.5. The predicted octanol–water partition coefficient (Wildman–Crippen LogP) is 2.71. The van der Waals surface area contributed by atoms with Gasteiger partial charge in [0.2, 0.25) is 0 Å². The lowest BCUT2D eigenvalue weighted by molar-refractivity contribution is -0.385. The van der Waals surface area contributed by atoms with Crippen LogP contribution in [0.15, 0.2) is 24.3 Å². The predicted molar refractivity (Wildman–Crippen MR) is 64.4 cm³/mol. The van der Waals surface area contributed by atoms with Crippen molar-refractivity contribution in [1.82, 2.24) is 9.78 Å². The minimum Gasteiger partial charge on any atom is -0.258 e. The van der Waals surface area contributed by atoms with Crippen LogP contribution in [0.5, 0.6) is 0 Å². The molecule has 5 nitrogen and oxygen atoms in total. The van der Waals surface area contributed by atoms with E-state index in [1.165, 1.54) is 6.07 Å². The Labute approximate surface area is 98.8 Å². The Kier molecular flexibility index (Phi) is 2.67. The summed E-state index contributed by atoms with van der Waals surface area (Å²) in [6.45, 7) is 5.60. The summed E-state index contributed by atoms with van der Waals surface area (Å²) in [4.78, 5) is 10.3. The van der Waals surface area contributed by atoms with Crippen molar-refractivity contribution in [2.75, 3.05) is 0 Å². The van der Waals surface area contributed by atoms with E-state index in [9.17, 15) is 10.1 Å². The summed E-state index contributed by atoms with van der Waals surface area (Å²) in [5, 5.41) is 15.1. The molecule has 2 rings (SSSR count). The van der Waals surface area contributed by atoms with Crippen LogP contribution in [-0.2, 0) is 0 Å². The van der Waals surface area contributed by atoms with Crippen LogP contribution in [0, 0.1) is 30.9 Å². The summed E-state index contributed by atoms with van der Waals surface area (Å²) >= 11 is 0. The molecular weight excluding hydrogens is 218 g/mol. The molecule has 1 heterocycles. The minimum atomic E-state index is -0.375. The second-order valence-electron chi connectivity index (χ2n) is 4.07. The van der Waals surface area contributed by atoms with Gasteiger partial charge in [-0.2, -0.15) is 5.10 Å². The lowest BCUT2D eigenvalue weighted by Gasteiger charge is -2.05. The molecule has 17 heavy (non-hydrogen) atoms. The first-order valence-electron chi connectivity index (χ1n) is 5.27. The number of hydrogen-bond acceptors (Lipinski definition) is 3. The second kappa shape index (κ2) is 4.01. The Bertz CT molecular complexity index is 587. The van der Waals surface area contributed by atoms with E-state index in [0.717, 1.165) is 17.1 Å². The third-order valence-corrected chi connectivity index (χ3v) is 2.63. The Morgan fingerprint density at radius 3 is 2.41 bits per heavy atom. The van der Waals surface area contributed by atoms with Gasteiger partial charge in [0.25, 0.3) is 5.69 Å². The average Bonchev–Trinajstić information content (AvgIpc) is 2.57. The summed E-state index contributed by atoms with van der Waals surface area (Å²) in [6.07, 6.45) is 0. The van der Waals surface area contributed by atoms with E-state index in [4.69, 9.17) is 0 Å². The lowest BCUT2D eigenvalue weighted by Crippen LogP contribution is -2.00. The molecule has 0 unspecified atom stereocenters. The van der Waals surface area contributed by atoms with Gasteiger partial charge in [0, 0.05) is 17.3 Å². The van der Waals surface area contributed by atoms with Crippen molar-refractivity contribution < 1.29 is 4.92 Å². The summed E-state index contributed by atoms with van der Waals surface area (Å²) in [6, 6.07) is 6.97. The maximum Gasteiger partial charge on any atom is 0.272 e. The van der Waals surface area contributed by atoms with Gasteiger partial charge in [-0.15, -0.1) is 0 Å². The Balaban J connectivity index is 2.51. The van der Waals surface area contributed by atoms with E-state index in [0.29, 0.717) is 5.56 Å². The highest BCUT2D eigenvalue weighted by Gasteiger charge is 2.12. The van der Waals surface area contributed by atoms with Crippen molar-refractivity contribution in [3.63, 3.8) is 0 Å². The Hall–Kier alpha value is -2.17. The molecule has 0 amide bonds. The van der Waals surface area contributed by atoms with Gasteiger partial charge in [-0.3, -0.25) is 10.1 Å². The highest BCUT2D eigenvalue weighted by Crippen LogP contribution is 2.21. The number of aryl methyl sites for hydroxylation is 3. The number of rotatable bonds is 2. The molecular formula is C12H13N3O2. The molecule has 0 radical (unpaired) electrons. The number of nitro benzene ring substituents is 1. The fourth-order valence-corrected chi connectivity index (χ4v) is 1.87. The molecule has 0 saturated heterocycles. The van der Waals surface area contributed by atoms with Gasteiger partial charge >= 0.3 is 0 Å². The standard InChI is InChI=1S/C12H13N3O2/c1-8-6-11(4-5-12(8)15(16)17)14-10(3)7-9(2)13-14/h4-7H,1-3H3. The molecule has 0 spiro atoms. The molecule has 0 fully saturated rings. The molecule has 0 aliphatic carbocycles. The smallest absolute Gasteiger partial charge is 0.258 e. The third-order valence-electron chi connectivity index (χ3n) is 2.63. The summed E-state index contributed by atoms with van der Waals surface area (Å²) in [5.74, 6) is 0. The zero-order valence-electron chi connectivity index (χ0n) is 9.97. The van der Waals surface area contributed by atoms with Crippen molar-refractivity contribution in [2.45, 2.75) is 20.8 Å². The monoisotopic (exact) mass is 231 g/mol. The highest BCUT2D eigenvalue weighted by atomic mass is 16.6. The maximum absolute atomic E-state index is 10.7. The van der Waals surface area contributed by atoms with Gasteiger partial charge in [0.05, 0.1) is 16.3 Å². The fraction of sp³-hybridized carbons (Fsp3) is 0.250. The highest BCUT2D eigenvalue weighted by molar-refractivity contribution is 5.47. The van der Waals surface area contributed by atoms with Gasteiger partial charge in [0.15, 0.2) is 0 Å². The van der Waals surface area contributed by atoms with Gasteiger partial charge in [-0.25, -0.2) is 4.68 Å². The first-order valence-corrected chi connectivity index (χ1v) is 5.27. The van der Waals surface area contributed by atoms with Crippen LogP contribution in [-0.4, -0.2) is 14.7 Å². The van der Waals surface area contributed by atoms with E-state index in [2.05, 4.69) is 5.10 Å². The molecule has 88 valence electrons. The molecule has 1 aromatic carbocycles. The molecule has 0 aliphatic heterocycles. The minimum absolute atomic E-state index is 0.135. The Morgan fingerprint density at radius 1 is 1.24 bits per heavy atom. The van der Waals surface area contributed by atoms with Gasteiger partial charge in [-0.05, 0) is 39.0 Å². The van der Waals surface area contributed by atoms with Crippen LogP contribution >= 0.6 is 0 Å². The zero-order valence-corrected chi connectivity index (χ0v) is 9.97. The number of hydrogen-bond donors (Lipinski definition) is 0. The maximum atomic E-state index is 10.7. The third kappa shape index (κ3) is 2.04. The summed E-state index contributed by atoms with van der Waals surface area (Å²) < 4.78 is 1.78. The number of nitrogens with zero attached hydrogens (tertiary/aromatic N) is 3. The van der Waals surface area contributed by atoms with Crippen molar-refractivity contribution >= 4 is 5.69 Å². The zero-order chi connectivity index (χ0) is 12.6.